The molecule has 0 unspecified atom stereocenters. The van der Waals surface area contributed by atoms with Crippen LogP contribution < -0.4 is 4.90 Å². The van der Waals surface area contributed by atoms with Crippen LogP contribution in [0.25, 0.3) is 0 Å². The second-order valence-electron chi connectivity index (χ2n) is 9.19. The number of aryl methyl sites for hydroxylation is 1. The van der Waals surface area contributed by atoms with Crippen molar-refractivity contribution < 1.29 is 19.1 Å². The predicted octanol–water partition coefficient (Wildman–Crippen LogP) is 4.09. The SMILES string of the molecule is C[C@H]1CC(=O)N(c2ccccc2C(=O)OC[C@@H]2CCCN(CCCc3ccccc3)C2)C1=O. The molecule has 2 fully saturated rings. The second kappa shape index (κ2) is 10.8. The van der Waals surface area contributed by atoms with Crippen LogP contribution in [-0.2, 0) is 20.7 Å². The van der Waals surface area contributed by atoms with Crippen molar-refractivity contribution in [3.8, 4) is 0 Å². The number of carbonyl (C=O) groups is 3. The average Bonchev–Trinajstić information content (AvgIpc) is 3.09. The number of hydrogen-bond acceptors (Lipinski definition) is 5. The first-order valence-electron chi connectivity index (χ1n) is 11.9. The Kier molecular flexibility index (Phi) is 7.55. The Morgan fingerprint density at radius 1 is 1.06 bits per heavy atom. The van der Waals surface area contributed by atoms with Gasteiger partial charge in [0.05, 0.1) is 17.9 Å². The molecule has 2 aliphatic heterocycles. The molecule has 4 rings (SSSR count). The number of esters is 1. The molecule has 2 aliphatic rings. The molecule has 2 atom stereocenters. The lowest BCUT2D eigenvalue weighted by Gasteiger charge is -2.32. The summed E-state index contributed by atoms with van der Waals surface area (Å²) in [7, 11) is 0. The van der Waals surface area contributed by atoms with Gasteiger partial charge < -0.3 is 9.64 Å². The van der Waals surface area contributed by atoms with E-state index in [1.165, 1.54) is 5.56 Å². The van der Waals surface area contributed by atoms with Crippen molar-refractivity contribution in [1.29, 1.82) is 0 Å². The first kappa shape index (κ1) is 23.2. The van der Waals surface area contributed by atoms with Gasteiger partial charge in [0.15, 0.2) is 0 Å². The van der Waals surface area contributed by atoms with Crippen molar-refractivity contribution in [2.75, 3.05) is 31.1 Å². The van der Waals surface area contributed by atoms with E-state index in [0.29, 0.717) is 18.2 Å². The van der Waals surface area contributed by atoms with Gasteiger partial charge in [-0.3, -0.25) is 9.59 Å². The number of amides is 2. The number of carbonyl (C=O) groups excluding carboxylic acids is 3. The third kappa shape index (κ3) is 5.69. The average molecular weight is 449 g/mol. The largest absolute Gasteiger partial charge is 0.462 e. The van der Waals surface area contributed by atoms with Gasteiger partial charge in [-0.05, 0) is 56.5 Å². The van der Waals surface area contributed by atoms with E-state index in [9.17, 15) is 14.4 Å². The number of imide groups is 1. The highest BCUT2D eigenvalue weighted by atomic mass is 16.5. The molecule has 2 heterocycles. The standard InChI is InChI=1S/C27H32N2O4/c1-20-17-25(30)29(26(20)31)24-14-6-5-13-23(24)27(32)33-19-22-12-8-16-28(18-22)15-7-11-21-9-3-2-4-10-21/h2-6,9-10,13-14,20,22H,7-8,11-12,15-19H2,1H3/t20-,22+/m0/s1. The first-order chi connectivity index (χ1) is 16.0. The Morgan fingerprint density at radius 2 is 1.82 bits per heavy atom. The van der Waals surface area contributed by atoms with E-state index in [1.54, 1.807) is 31.2 Å². The summed E-state index contributed by atoms with van der Waals surface area (Å²) in [6.45, 7) is 5.12. The van der Waals surface area contributed by atoms with Crippen molar-refractivity contribution >= 4 is 23.5 Å². The van der Waals surface area contributed by atoms with Gasteiger partial charge >= 0.3 is 5.97 Å². The quantitative estimate of drug-likeness (QED) is 0.450. The third-order valence-corrected chi connectivity index (χ3v) is 6.57. The highest BCUT2D eigenvalue weighted by Gasteiger charge is 2.38. The number of rotatable bonds is 8. The minimum Gasteiger partial charge on any atom is -0.462 e. The van der Waals surface area contributed by atoms with Crippen LogP contribution in [0.2, 0.25) is 0 Å². The molecule has 6 nitrogen and oxygen atoms in total. The Hall–Kier alpha value is -2.99. The molecule has 174 valence electrons. The summed E-state index contributed by atoms with van der Waals surface area (Å²) in [5, 5.41) is 0. The molecule has 0 N–H and O–H groups in total. The molecular weight excluding hydrogens is 416 g/mol. The number of para-hydroxylation sites is 1. The zero-order chi connectivity index (χ0) is 23.2. The number of hydrogen-bond donors (Lipinski definition) is 0. The van der Waals surface area contributed by atoms with Crippen LogP contribution >= 0.6 is 0 Å². The van der Waals surface area contributed by atoms with E-state index in [0.717, 1.165) is 50.2 Å². The minimum absolute atomic E-state index is 0.171. The summed E-state index contributed by atoms with van der Waals surface area (Å²) < 4.78 is 5.67. The van der Waals surface area contributed by atoms with Crippen molar-refractivity contribution in [3.63, 3.8) is 0 Å². The second-order valence-corrected chi connectivity index (χ2v) is 9.19. The molecule has 2 amide bonds. The highest BCUT2D eigenvalue weighted by molar-refractivity contribution is 6.22. The molecule has 33 heavy (non-hydrogen) atoms. The topological polar surface area (TPSA) is 66.9 Å². The molecular formula is C27H32N2O4. The van der Waals surface area contributed by atoms with Gasteiger partial charge in [-0.1, -0.05) is 49.4 Å². The van der Waals surface area contributed by atoms with E-state index in [4.69, 9.17) is 4.74 Å². The number of anilines is 1. The van der Waals surface area contributed by atoms with Crippen molar-refractivity contribution in [1.82, 2.24) is 4.90 Å². The van der Waals surface area contributed by atoms with Gasteiger partial charge in [-0.15, -0.1) is 0 Å². The first-order valence-corrected chi connectivity index (χ1v) is 11.9. The Labute approximate surface area is 195 Å². The maximum atomic E-state index is 12.9. The fourth-order valence-electron chi connectivity index (χ4n) is 4.79. The predicted molar refractivity (Wildman–Crippen MR) is 127 cm³/mol. The lowest BCUT2D eigenvalue weighted by molar-refractivity contribution is -0.122. The van der Waals surface area contributed by atoms with Crippen molar-refractivity contribution in [2.24, 2.45) is 11.8 Å². The van der Waals surface area contributed by atoms with Gasteiger partial charge in [-0.25, -0.2) is 9.69 Å². The summed E-state index contributed by atoms with van der Waals surface area (Å²) in [6, 6.07) is 17.2. The number of piperidine rings is 1. The molecule has 0 aromatic heterocycles. The summed E-state index contributed by atoms with van der Waals surface area (Å²) in [5.74, 6) is -1.09. The van der Waals surface area contributed by atoms with Gasteiger partial charge in [0.25, 0.3) is 0 Å². The van der Waals surface area contributed by atoms with Crippen LogP contribution in [-0.4, -0.2) is 48.9 Å². The molecule has 6 heteroatoms. The summed E-state index contributed by atoms with van der Waals surface area (Å²) >= 11 is 0. The van der Waals surface area contributed by atoms with Crippen LogP contribution in [0.15, 0.2) is 54.6 Å². The van der Waals surface area contributed by atoms with E-state index in [-0.39, 0.29) is 29.7 Å². The molecule has 0 aliphatic carbocycles. The number of ether oxygens (including phenoxy) is 1. The van der Waals surface area contributed by atoms with Gasteiger partial charge in [-0.2, -0.15) is 0 Å². The normalized spacial score (nSPS) is 21.4. The van der Waals surface area contributed by atoms with E-state index in [2.05, 4.69) is 29.2 Å². The van der Waals surface area contributed by atoms with Crippen LogP contribution in [0, 0.1) is 11.8 Å². The summed E-state index contributed by atoms with van der Waals surface area (Å²) in [5.41, 5.74) is 1.96. The Morgan fingerprint density at radius 3 is 2.58 bits per heavy atom. The summed E-state index contributed by atoms with van der Waals surface area (Å²) in [4.78, 5) is 41.3. The number of likely N-dealkylation sites (tertiary alicyclic amines) is 1. The zero-order valence-corrected chi connectivity index (χ0v) is 19.2. The smallest absolute Gasteiger partial charge is 0.340 e. The van der Waals surface area contributed by atoms with Gasteiger partial charge in [0.1, 0.15) is 0 Å². The highest BCUT2D eigenvalue weighted by Crippen LogP contribution is 2.29. The van der Waals surface area contributed by atoms with Crippen LogP contribution in [0.4, 0.5) is 5.69 Å². The summed E-state index contributed by atoms with van der Waals surface area (Å²) in [6.07, 6.45) is 4.48. The van der Waals surface area contributed by atoms with Crippen LogP contribution in [0.5, 0.6) is 0 Å². The third-order valence-electron chi connectivity index (χ3n) is 6.57. The lowest BCUT2D eigenvalue weighted by Crippen LogP contribution is -2.38. The van der Waals surface area contributed by atoms with Crippen molar-refractivity contribution in [2.45, 2.75) is 39.0 Å². The fraction of sp³-hybridized carbons (Fsp3) is 0.444. The van der Waals surface area contributed by atoms with Crippen LogP contribution in [0.1, 0.15) is 48.5 Å². The van der Waals surface area contributed by atoms with Gasteiger partial charge in [0.2, 0.25) is 11.8 Å². The zero-order valence-electron chi connectivity index (χ0n) is 19.2. The minimum atomic E-state index is -0.480. The van der Waals surface area contributed by atoms with E-state index in [1.807, 2.05) is 6.07 Å². The Bertz CT molecular complexity index is 991. The molecule has 0 spiro atoms. The van der Waals surface area contributed by atoms with Crippen LogP contribution in [0.3, 0.4) is 0 Å². The molecule has 2 saturated heterocycles. The maximum Gasteiger partial charge on any atom is 0.340 e. The Balaban J connectivity index is 1.30. The molecule has 2 aromatic rings. The van der Waals surface area contributed by atoms with E-state index < -0.39 is 5.97 Å². The lowest BCUT2D eigenvalue weighted by atomic mass is 9.98. The monoisotopic (exact) mass is 448 g/mol. The molecule has 0 saturated carbocycles. The van der Waals surface area contributed by atoms with E-state index >= 15 is 0 Å². The molecule has 2 aromatic carbocycles. The fourth-order valence-corrected chi connectivity index (χ4v) is 4.79. The van der Waals surface area contributed by atoms with Gasteiger partial charge in [0, 0.05) is 24.8 Å². The number of benzene rings is 2. The van der Waals surface area contributed by atoms with Crippen molar-refractivity contribution in [3.05, 3.63) is 65.7 Å². The maximum absolute atomic E-state index is 12.9. The molecule has 0 radical (unpaired) electrons. The molecule has 0 bridgehead atoms. The number of nitrogens with zero attached hydrogens (tertiary/aromatic N) is 2.